The van der Waals surface area contributed by atoms with E-state index < -0.39 is 0 Å². The number of rotatable bonds is 5. The second kappa shape index (κ2) is 7.99. The van der Waals surface area contributed by atoms with Crippen LogP contribution in [0, 0.1) is 0 Å². The molecule has 5 nitrogen and oxygen atoms in total. The van der Waals surface area contributed by atoms with E-state index in [1.54, 1.807) is 6.92 Å². The third-order valence-corrected chi connectivity index (χ3v) is 5.07. The molecule has 27 heavy (non-hydrogen) atoms. The molecule has 1 aromatic carbocycles. The number of ether oxygens (including phenoxy) is 1. The van der Waals surface area contributed by atoms with Crippen LogP contribution in [0.1, 0.15) is 51.8 Å². The molecule has 1 amide bonds. The molecule has 2 heterocycles. The summed E-state index contributed by atoms with van der Waals surface area (Å²) in [6.07, 6.45) is 6.82. The van der Waals surface area contributed by atoms with Crippen LogP contribution < -0.4 is 9.64 Å². The standard InChI is InChI=1S/C22H29N3O2/c1-6-8-17-14-20(23-24(17)5)18-11-12-21-19(22(18)27-13-7-2)10-9-15(3)25(21)16(4)26/h6,8,11-12,14-15H,7,9-10,13H2,1-5H3/b8-6-/t15-/m0/s1. The fourth-order valence-electron chi connectivity index (χ4n) is 3.80. The highest BCUT2D eigenvalue weighted by atomic mass is 16.5. The molecule has 0 unspecified atom stereocenters. The van der Waals surface area contributed by atoms with Crippen molar-refractivity contribution < 1.29 is 9.53 Å². The number of aromatic nitrogens is 2. The first kappa shape index (κ1) is 19.2. The van der Waals surface area contributed by atoms with E-state index in [1.807, 2.05) is 47.8 Å². The summed E-state index contributed by atoms with van der Waals surface area (Å²) in [7, 11) is 1.95. The smallest absolute Gasteiger partial charge is 0.224 e. The molecule has 3 rings (SSSR count). The van der Waals surface area contributed by atoms with Crippen LogP contribution in [0.5, 0.6) is 5.75 Å². The van der Waals surface area contributed by atoms with Gasteiger partial charge in [-0.1, -0.05) is 13.0 Å². The Morgan fingerprint density at radius 1 is 1.41 bits per heavy atom. The van der Waals surface area contributed by atoms with Crippen LogP contribution in [0.15, 0.2) is 24.3 Å². The van der Waals surface area contributed by atoms with E-state index in [0.717, 1.165) is 53.2 Å². The van der Waals surface area contributed by atoms with E-state index in [-0.39, 0.29) is 11.9 Å². The van der Waals surface area contributed by atoms with Gasteiger partial charge in [0.1, 0.15) is 5.75 Å². The number of carbonyl (C=O) groups is 1. The van der Waals surface area contributed by atoms with E-state index in [9.17, 15) is 4.79 Å². The fourth-order valence-corrected chi connectivity index (χ4v) is 3.80. The highest BCUT2D eigenvalue weighted by molar-refractivity contribution is 5.95. The summed E-state index contributed by atoms with van der Waals surface area (Å²) in [6, 6.07) is 6.37. The molecule has 0 aliphatic carbocycles. The van der Waals surface area contributed by atoms with Crippen molar-refractivity contribution in [3.8, 4) is 17.0 Å². The summed E-state index contributed by atoms with van der Waals surface area (Å²) in [6.45, 7) is 8.48. The number of amides is 1. The van der Waals surface area contributed by atoms with Crippen LogP contribution in [0.4, 0.5) is 5.69 Å². The third-order valence-electron chi connectivity index (χ3n) is 5.07. The Kier molecular flexibility index (Phi) is 5.68. The Bertz CT molecular complexity index is 867. The maximum Gasteiger partial charge on any atom is 0.224 e. The lowest BCUT2D eigenvalue weighted by atomic mass is 9.92. The van der Waals surface area contributed by atoms with Crippen LogP contribution in [0.3, 0.4) is 0 Å². The maximum atomic E-state index is 12.2. The zero-order chi connectivity index (χ0) is 19.6. The number of benzene rings is 1. The Labute approximate surface area is 161 Å². The third kappa shape index (κ3) is 3.64. The highest BCUT2D eigenvalue weighted by Gasteiger charge is 2.30. The lowest BCUT2D eigenvalue weighted by molar-refractivity contribution is -0.117. The molecule has 0 N–H and O–H groups in total. The molecule has 5 heteroatoms. The van der Waals surface area contributed by atoms with Crippen molar-refractivity contribution in [3.05, 3.63) is 35.5 Å². The number of hydrogen-bond acceptors (Lipinski definition) is 3. The predicted octanol–water partition coefficient (Wildman–Crippen LogP) is 4.60. The van der Waals surface area contributed by atoms with E-state index in [1.165, 1.54) is 0 Å². The molecular formula is C22H29N3O2. The largest absolute Gasteiger partial charge is 0.493 e. The van der Waals surface area contributed by atoms with E-state index in [4.69, 9.17) is 9.84 Å². The Morgan fingerprint density at radius 3 is 2.85 bits per heavy atom. The molecular weight excluding hydrogens is 338 g/mol. The predicted molar refractivity (Wildman–Crippen MR) is 110 cm³/mol. The summed E-state index contributed by atoms with van der Waals surface area (Å²) >= 11 is 0. The molecule has 2 aromatic rings. The monoisotopic (exact) mass is 367 g/mol. The highest BCUT2D eigenvalue weighted by Crippen LogP contribution is 2.42. The minimum Gasteiger partial charge on any atom is -0.493 e. The molecule has 144 valence electrons. The van der Waals surface area contributed by atoms with Gasteiger partial charge in [-0.3, -0.25) is 9.48 Å². The molecule has 1 atom stereocenters. The lowest BCUT2D eigenvalue weighted by Gasteiger charge is -2.35. The van der Waals surface area contributed by atoms with Gasteiger partial charge in [-0.05, 0) is 57.4 Å². The van der Waals surface area contributed by atoms with Gasteiger partial charge in [0.25, 0.3) is 0 Å². The quantitative estimate of drug-likeness (QED) is 0.776. The van der Waals surface area contributed by atoms with Crippen LogP contribution in [0.2, 0.25) is 0 Å². The van der Waals surface area contributed by atoms with Crippen LogP contribution in [-0.2, 0) is 18.3 Å². The second-order valence-electron chi connectivity index (χ2n) is 7.14. The summed E-state index contributed by atoms with van der Waals surface area (Å²) in [5, 5.41) is 4.69. The van der Waals surface area contributed by atoms with Gasteiger partial charge in [0.05, 0.1) is 23.7 Å². The van der Waals surface area contributed by atoms with Crippen molar-refractivity contribution in [1.29, 1.82) is 0 Å². The number of nitrogens with zero attached hydrogens (tertiary/aromatic N) is 3. The van der Waals surface area contributed by atoms with Crippen molar-refractivity contribution >= 4 is 17.7 Å². The van der Waals surface area contributed by atoms with Gasteiger partial charge in [-0.2, -0.15) is 5.10 Å². The van der Waals surface area contributed by atoms with Crippen molar-refractivity contribution in [1.82, 2.24) is 9.78 Å². The van der Waals surface area contributed by atoms with Crippen molar-refractivity contribution in [2.75, 3.05) is 11.5 Å². The van der Waals surface area contributed by atoms with E-state index in [0.29, 0.717) is 6.61 Å². The fraction of sp³-hybridized carbons (Fsp3) is 0.455. The molecule has 0 spiro atoms. The second-order valence-corrected chi connectivity index (χ2v) is 7.14. The minimum atomic E-state index is 0.0749. The van der Waals surface area contributed by atoms with E-state index >= 15 is 0 Å². The van der Waals surface area contributed by atoms with Crippen LogP contribution >= 0.6 is 0 Å². The van der Waals surface area contributed by atoms with E-state index in [2.05, 4.69) is 19.9 Å². The average molecular weight is 367 g/mol. The topological polar surface area (TPSA) is 47.4 Å². The number of fused-ring (bicyclic) bond motifs is 1. The van der Waals surface area contributed by atoms with Gasteiger partial charge in [0.2, 0.25) is 5.91 Å². The number of allylic oxidation sites excluding steroid dienone is 1. The zero-order valence-electron chi connectivity index (χ0n) is 17.0. The molecule has 1 aliphatic rings. The van der Waals surface area contributed by atoms with Gasteiger partial charge in [0, 0.05) is 31.1 Å². The Balaban J connectivity index is 2.15. The normalized spacial score (nSPS) is 16.6. The number of aryl methyl sites for hydroxylation is 1. The van der Waals surface area contributed by atoms with Crippen molar-refractivity contribution in [2.24, 2.45) is 7.05 Å². The van der Waals surface area contributed by atoms with Gasteiger partial charge in [0.15, 0.2) is 0 Å². The first-order valence-corrected chi connectivity index (χ1v) is 9.73. The molecule has 0 saturated heterocycles. The average Bonchev–Trinajstić information content (AvgIpc) is 2.99. The minimum absolute atomic E-state index is 0.0749. The maximum absolute atomic E-state index is 12.2. The van der Waals surface area contributed by atoms with Crippen molar-refractivity contribution in [3.63, 3.8) is 0 Å². The molecule has 0 saturated carbocycles. The number of anilines is 1. The zero-order valence-corrected chi connectivity index (χ0v) is 17.0. The first-order valence-electron chi connectivity index (χ1n) is 9.73. The van der Waals surface area contributed by atoms with Gasteiger partial charge in [-0.15, -0.1) is 0 Å². The van der Waals surface area contributed by atoms with Crippen LogP contribution in [-0.4, -0.2) is 28.3 Å². The first-order chi connectivity index (χ1) is 13.0. The molecule has 1 aromatic heterocycles. The SMILES string of the molecule is C/C=C\c1cc(-c2ccc3c(c2OCCC)CC[C@H](C)N3C(C)=O)nn1C. The molecule has 1 aliphatic heterocycles. The lowest BCUT2D eigenvalue weighted by Crippen LogP contribution is -2.40. The molecule has 0 fully saturated rings. The summed E-state index contributed by atoms with van der Waals surface area (Å²) < 4.78 is 8.08. The Morgan fingerprint density at radius 2 is 2.19 bits per heavy atom. The Hall–Kier alpha value is -2.56. The summed E-state index contributed by atoms with van der Waals surface area (Å²) in [5.74, 6) is 0.948. The van der Waals surface area contributed by atoms with Gasteiger partial charge < -0.3 is 9.64 Å². The molecule has 0 bridgehead atoms. The summed E-state index contributed by atoms with van der Waals surface area (Å²) in [5.41, 5.74) is 5.03. The van der Waals surface area contributed by atoms with Gasteiger partial charge in [-0.25, -0.2) is 0 Å². The van der Waals surface area contributed by atoms with Gasteiger partial charge >= 0.3 is 0 Å². The van der Waals surface area contributed by atoms with Crippen molar-refractivity contribution in [2.45, 2.75) is 53.0 Å². The number of carbonyl (C=O) groups excluding carboxylic acids is 1. The molecule has 0 radical (unpaired) electrons. The number of hydrogen-bond donors (Lipinski definition) is 0. The van der Waals surface area contributed by atoms with Crippen LogP contribution in [0.25, 0.3) is 17.3 Å². The summed E-state index contributed by atoms with van der Waals surface area (Å²) in [4.78, 5) is 14.1.